The second-order valence-electron chi connectivity index (χ2n) is 5.22. The molecule has 2 rings (SSSR count). The first-order valence-electron chi connectivity index (χ1n) is 7.52. The Morgan fingerprint density at radius 3 is 2.08 bits per heavy atom. The van der Waals surface area contributed by atoms with Gasteiger partial charge in [-0.2, -0.15) is 4.31 Å². The maximum absolute atomic E-state index is 12.3. The minimum Gasteiger partial charge on any atom is -0.326 e. The first-order valence-corrected chi connectivity index (χ1v) is 9.84. The van der Waals surface area contributed by atoms with Crippen molar-refractivity contribution in [1.29, 1.82) is 0 Å². The lowest BCUT2D eigenvalue weighted by Crippen LogP contribution is -2.34. The molecule has 0 aliphatic carbocycles. The van der Waals surface area contributed by atoms with Crippen LogP contribution in [0.3, 0.4) is 0 Å². The lowest BCUT2D eigenvalue weighted by molar-refractivity contribution is -0.116. The van der Waals surface area contributed by atoms with Crippen molar-refractivity contribution in [1.82, 2.24) is 4.31 Å². The molecule has 0 radical (unpaired) electrons. The molecule has 0 bridgehead atoms. The number of hydrogen-bond acceptors (Lipinski definition) is 5. The summed E-state index contributed by atoms with van der Waals surface area (Å²) in [5.74, 6) is -0.551. The van der Waals surface area contributed by atoms with Gasteiger partial charge in [0.25, 0.3) is 10.0 Å². The molecule has 0 saturated carbocycles. The van der Waals surface area contributed by atoms with E-state index < -0.39 is 15.9 Å². The fraction of sp³-hybridized carbons (Fsp3) is 0.250. The highest BCUT2D eigenvalue weighted by Crippen LogP contribution is 2.20. The van der Waals surface area contributed by atoms with Crippen LogP contribution in [0.15, 0.2) is 46.0 Å². The van der Waals surface area contributed by atoms with E-state index in [1.807, 2.05) is 0 Å². The van der Waals surface area contributed by atoms with Gasteiger partial charge in [-0.15, -0.1) is 11.3 Å². The van der Waals surface area contributed by atoms with Gasteiger partial charge in [0.15, 0.2) is 0 Å². The van der Waals surface area contributed by atoms with Crippen LogP contribution in [0.4, 0.5) is 11.4 Å². The van der Waals surface area contributed by atoms with Crippen LogP contribution in [0, 0.1) is 0 Å². The third-order valence-corrected chi connectivity index (χ3v) is 6.48. The molecule has 7 nitrogen and oxygen atoms in total. The number of hydrogen-bond donors (Lipinski definition) is 2. The zero-order valence-corrected chi connectivity index (χ0v) is 15.5. The normalized spacial score (nSPS) is 11.3. The highest BCUT2D eigenvalue weighted by atomic mass is 32.2. The number of carbonyl (C=O) groups excluding carboxylic acids is 2. The second-order valence-corrected chi connectivity index (χ2v) is 8.44. The first kappa shape index (κ1) is 19.1. The first-order chi connectivity index (χ1) is 11.8. The molecule has 9 heteroatoms. The molecule has 25 heavy (non-hydrogen) atoms. The van der Waals surface area contributed by atoms with Gasteiger partial charge in [0.05, 0.1) is 6.54 Å². The number of nitrogens with one attached hydrogen (secondary N) is 2. The summed E-state index contributed by atoms with van der Waals surface area (Å²) in [6.07, 6.45) is 0.379. The summed E-state index contributed by atoms with van der Waals surface area (Å²) in [4.78, 5) is 23.4. The fourth-order valence-corrected chi connectivity index (χ4v) is 4.27. The standard InChI is InChI=1S/C16H19N3O4S2/c1-3-14(20)17-12-6-8-13(9-7-12)18-15(21)11-19(2)25(22,23)16-5-4-10-24-16/h4-10H,3,11H2,1-2H3,(H,17,20)(H,18,21). The van der Waals surface area contributed by atoms with E-state index in [1.54, 1.807) is 42.6 Å². The Bertz CT molecular complexity index is 831. The van der Waals surface area contributed by atoms with Crippen molar-refractivity contribution in [2.45, 2.75) is 17.6 Å². The van der Waals surface area contributed by atoms with Crippen molar-refractivity contribution in [3.8, 4) is 0 Å². The molecule has 1 heterocycles. The summed E-state index contributed by atoms with van der Waals surface area (Å²) in [7, 11) is -2.30. The number of benzene rings is 1. The number of sulfonamides is 1. The van der Waals surface area contributed by atoms with E-state index in [-0.39, 0.29) is 16.7 Å². The summed E-state index contributed by atoms with van der Waals surface area (Å²) in [5, 5.41) is 7.00. The van der Waals surface area contributed by atoms with E-state index in [4.69, 9.17) is 0 Å². The molecule has 134 valence electrons. The minimum absolute atomic E-state index is 0.0998. The van der Waals surface area contributed by atoms with Crippen LogP contribution in [0.5, 0.6) is 0 Å². The zero-order chi connectivity index (χ0) is 18.4. The topological polar surface area (TPSA) is 95.6 Å². The number of rotatable bonds is 7. The maximum Gasteiger partial charge on any atom is 0.252 e. The van der Waals surface area contributed by atoms with Crippen molar-refractivity contribution < 1.29 is 18.0 Å². The summed E-state index contributed by atoms with van der Waals surface area (Å²) in [5.41, 5.74) is 1.14. The molecule has 2 aromatic rings. The van der Waals surface area contributed by atoms with Gasteiger partial charge >= 0.3 is 0 Å². The predicted octanol–water partition coefficient (Wildman–Crippen LogP) is 2.36. The lowest BCUT2D eigenvalue weighted by atomic mass is 10.2. The van der Waals surface area contributed by atoms with Gasteiger partial charge in [-0.3, -0.25) is 9.59 Å². The highest BCUT2D eigenvalue weighted by molar-refractivity contribution is 7.91. The summed E-state index contributed by atoms with van der Waals surface area (Å²) in [6.45, 7) is 1.46. The van der Waals surface area contributed by atoms with Gasteiger partial charge in [-0.05, 0) is 35.7 Å². The number of nitrogens with zero attached hydrogens (tertiary/aromatic N) is 1. The average molecular weight is 381 g/mol. The molecular weight excluding hydrogens is 362 g/mol. The number of carbonyl (C=O) groups is 2. The summed E-state index contributed by atoms with van der Waals surface area (Å²) < 4.78 is 25.7. The van der Waals surface area contributed by atoms with Gasteiger partial charge in [-0.25, -0.2) is 8.42 Å². The van der Waals surface area contributed by atoms with Gasteiger partial charge in [-0.1, -0.05) is 13.0 Å². The number of amides is 2. The zero-order valence-electron chi connectivity index (χ0n) is 13.9. The van der Waals surface area contributed by atoms with Crippen LogP contribution in [0.1, 0.15) is 13.3 Å². The van der Waals surface area contributed by atoms with Crippen molar-refractivity contribution in [2.75, 3.05) is 24.2 Å². The molecule has 1 aromatic carbocycles. The molecular formula is C16H19N3O4S2. The third-order valence-electron chi connectivity index (χ3n) is 3.30. The molecule has 2 N–H and O–H groups in total. The smallest absolute Gasteiger partial charge is 0.252 e. The van der Waals surface area contributed by atoms with Crippen LogP contribution in [-0.4, -0.2) is 38.1 Å². The van der Waals surface area contributed by atoms with E-state index in [0.717, 1.165) is 15.6 Å². The van der Waals surface area contributed by atoms with Crippen molar-refractivity contribution in [3.05, 3.63) is 41.8 Å². The van der Waals surface area contributed by atoms with Gasteiger partial charge in [0.1, 0.15) is 4.21 Å². The predicted molar refractivity (Wildman–Crippen MR) is 98.1 cm³/mol. The SMILES string of the molecule is CCC(=O)Nc1ccc(NC(=O)CN(C)S(=O)(=O)c2cccs2)cc1. The van der Waals surface area contributed by atoms with Crippen LogP contribution < -0.4 is 10.6 Å². The molecule has 0 spiro atoms. The van der Waals surface area contributed by atoms with E-state index in [1.165, 1.54) is 13.1 Å². The average Bonchev–Trinajstić information content (AvgIpc) is 3.11. The lowest BCUT2D eigenvalue weighted by Gasteiger charge is -2.15. The Labute approximate surface area is 150 Å². The molecule has 0 saturated heterocycles. The van der Waals surface area contributed by atoms with Crippen LogP contribution in [-0.2, 0) is 19.6 Å². The minimum atomic E-state index is -3.66. The second kappa shape index (κ2) is 8.24. The van der Waals surface area contributed by atoms with E-state index in [2.05, 4.69) is 10.6 Å². The van der Waals surface area contributed by atoms with Gasteiger partial charge < -0.3 is 10.6 Å². The summed E-state index contributed by atoms with van der Waals surface area (Å²) in [6, 6.07) is 9.74. The fourth-order valence-electron chi connectivity index (χ4n) is 1.94. The number of anilines is 2. The number of thiophene rings is 1. The van der Waals surface area contributed by atoms with E-state index >= 15 is 0 Å². The molecule has 0 unspecified atom stereocenters. The molecule has 1 aromatic heterocycles. The van der Waals surface area contributed by atoms with Gasteiger partial charge in [0, 0.05) is 24.8 Å². The van der Waals surface area contributed by atoms with E-state index in [0.29, 0.717) is 17.8 Å². The van der Waals surface area contributed by atoms with Crippen LogP contribution in [0.25, 0.3) is 0 Å². The monoisotopic (exact) mass is 381 g/mol. The Morgan fingerprint density at radius 2 is 1.60 bits per heavy atom. The quantitative estimate of drug-likeness (QED) is 0.770. The molecule has 0 aliphatic heterocycles. The molecule has 0 atom stereocenters. The van der Waals surface area contributed by atoms with Crippen molar-refractivity contribution >= 4 is 44.5 Å². The van der Waals surface area contributed by atoms with Crippen LogP contribution in [0.2, 0.25) is 0 Å². The van der Waals surface area contributed by atoms with Crippen molar-refractivity contribution in [3.63, 3.8) is 0 Å². The molecule has 2 amide bonds. The van der Waals surface area contributed by atoms with Gasteiger partial charge in [0.2, 0.25) is 11.8 Å². The molecule has 0 aliphatic rings. The Hall–Kier alpha value is -2.23. The van der Waals surface area contributed by atoms with E-state index in [9.17, 15) is 18.0 Å². The molecule has 0 fully saturated rings. The Morgan fingerprint density at radius 1 is 1.04 bits per heavy atom. The third kappa shape index (κ3) is 5.12. The largest absolute Gasteiger partial charge is 0.326 e. The summed E-state index contributed by atoms with van der Waals surface area (Å²) >= 11 is 1.10. The Kier molecular flexibility index (Phi) is 6.29. The maximum atomic E-state index is 12.3. The van der Waals surface area contributed by atoms with Crippen molar-refractivity contribution in [2.24, 2.45) is 0 Å². The van der Waals surface area contributed by atoms with Crippen LogP contribution >= 0.6 is 11.3 Å². The number of likely N-dealkylation sites (N-methyl/N-ethyl adjacent to an activating group) is 1. The highest BCUT2D eigenvalue weighted by Gasteiger charge is 2.23. The Balaban J connectivity index is 1.95.